The third-order valence-corrected chi connectivity index (χ3v) is 2.27. The minimum atomic E-state index is -0.813. The summed E-state index contributed by atoms with van der Waals surface area (Å²) in [6, 6.07) is 9.75. The first kappa shape index (κ1) is 11.8. The predicted octanol–water partition coefficient (Wildman–Crippen LogP) is 3.11. The Bertz CT molecular complexity index is 602. The summed E-state index contributed by atoms with van der Waals surface area (Å²) in [6.45, 7) is 0. The van der Waals surface area contributed by atoms with Gasteiger partial charge in [-0.3, -0.25) is 10.1 Å². The maximum absolute atomic E-state index is 13.6. The molecule has 0 aliphatic carbocycles. The monoisotopic (exact) mass is 248 g/mol. The summed E-state index contributed by atoms with van der Waals surface area (Å²) in [7, 11) is 0. The highest BCUT2D eigenvalue weighted by molar-refractivity contribution is 5.54. The number of hydrogen-bond acceptors (Lipinski definition) is 4. The molecule has 0 saturated heterocycles. The van der Waals surface area contributed by atoms with Crippen LogP contribution in [0.25, 0.3) is 0 Å². The standard InChI is InChI=1S/C12H9FN2O3/c13-9-7-8(15(16)17)5-6-11(9)18-12-4-2-1-3-10(12)14/h1-7H,14H2. The van der Waals surface area contributed by atoms with E-state index >= 15 is 0 Å². The first-order valence-electron chi connectivity index (χ1n) is 5.04. The zero-order valence-electron chi connectivity index (χ0n) is 9.17. The molecule has 0 aliphatic rings. The molecule has 0 aromatic heterocycles. The van der Waals surface area contributed by atoms with Crippen LogP contribution in [0.1, 0.15) is 0 Å². The number of non-ortho nitro benzene ring substituents is 1. The van der Waals surface area contributed by atoms with E-state index in [1.807, 2.05) is 0 Å². The molecule has 0 amide bonds. The maximum atomic E-state index is 13.6. The fraction of sp³-hybridized carbons (Fsp3) is 0. The summed E-state index contributed by atoms with van der Waals surface area (Å²) in [5, 5.41) is 10.5. The summed E-state index contributed by atoms with van der Waals surface area (Å²) >= 11 is 0. The highest BCUT2D eigenvalue weighted by Crippen LogP contribution is 2.30. The van der Waals surface area contributed by atoms with Crippen LogP contribution in [0, 0.1) is 15.9 Å². The lowest BCUT2D eigenvalue weighted by Crippen LogP contribution is -1.95. The van der Waals surface area contributed by atoms with Gasteiger partial charge in [0.15, 0.2) is 11.6 Å². The Morgan fingerprint density at radius 2 is 1.89 bits per heavy atom. The van der Waals surface area contributed by atoms with Crippen LogP contribution < -0.4 is 10.5 Å². The summed E-state index contributed by atoms with van der Waals surface area (Å²) < 4.78 is 18.8. The van der Waals surface area contributed by atoms with E-state index in [-0.39, 0.29) is 11.4 Å². The van der Waals surface area contributed by atoms with Crippen molar-refractivity contribution < 1.29 is 14.1 Å². The first-order chi connectivity index (χ1) is 8.58. The van der Waals surface area contributed by atoms with Crippen molar-refractivity contribution in [1.29, 1.82) is 0 Å². The number of nitrogens with two attached hydrogens (primary N) is 1. The van der Waals surface area contributed by atoms with Gasteiger partial charge >= 0.3 is 0 Å². The molecule has 6 heteroatoms. The van der Waals surface area contributed by atoms with E-state index in [2.05, 4.69) is 0 Å². The van der Waals surface area contributed by atoms with Crippen molar-refractivity contribution in [2.24, 2.45) is 0 Å². The van der Waals surface area contributed by atoms with Crippen molar-refractivity contribution in [2.45, 2.75) is 0 Å². The highest BCUT2D eigenvalue weighted by Gasteiger charge is 2.12. The normalized spacial score (nSPS) is 10.1. The summed E-state index contributed by atoms with van der Waals surface area (Å²) in [6.07, 6.45) is 0. The molecule has 2 rings (SSSR count). The van der Waals surface area contributed by atoms with Gasteiger partial charge < -0.3 is 10.5 Å². The van der Waals surface area contributed by atoms with Gasteiger partial charge in [-0.15, -0.1) is 0 Å². The molecular weight excluding hydrogens is 239 g/mol. The third kappa shape index (κ3) is 2.37. The van der Waals surface area contributed by atoms with Gasteiger partial charge in [0.25, 0.3) is 5.69 Å². The van der Waals surface area contributed by atoms with Gasteiger partial charge in [-0.2, -0.15) is 0 Å². The quantitative estimate of drug-likeness (QED) is 0.514. The Hall–Kier alpha value is -2.63. The maximum Gasteiger partial charge on any atom is 0.272 e. The number of anilines is 1. The Morgan fingerprint density at radius 3 is 2.50 bits per heavy atom. The molecular formula is C12H9FN2O3. The number of ether oxygens (including phenoxy) is 1. The Balaban J connectivity index is 2.30. The lowest BCUT2D eigenvalue weighted by molar-refractivity contribution is -0.385. The van der Waals surface area contributed by atoms with Crippen molar-refractivity contribution >= 4 is 11.4 Å². The number of hydrogen-bond donors (Lipinski definition) is 1. The Kier molecular flexibility index (Phi) is 3.09. The van der Waals surface area contributed by atoms with Crippen LogP contribution in [0.2, 0.25) is 0 Å². The molecule has 2 aromatic rings. The second kappa shape index (κ2) is 4.70. The number of nitro groups is 1. The van der Waals surface area contributed by atoms with Crippen molar-refractivity contribution in [3.63, 3.8) is 0 Å². The lowest BCUT2D eigenvalue weighted by Gasteiger charge is -2.08. The van der Waals surface area contributed by atoms with E-state index in [1.165, 1.54) is 6.07 Å². The summed E-state index contributed by atoms with van der Waals surface area (Å²) in [5.74, 6) is -0.629. The number of halogens is 1. The zero-order chi connectivity index (χ0) is 13.1. The van der Waals surface area contributed by atoms with Gasteiger partial charge in [0.2, 0.25) is 0 Å². The van der Waals surface area contributed by atoms with E-state index in [0.717, 1.165) is 12.1 Å². The molecule has 18 heavy (non-hydrogen) atoms. The van der Waals surface area contributed by atoms with Gasteiger partial charge in [0, 0.05) is 6.07 Å². The molecule has 0 heterocycles. The minimum Gasteiger partial charge on any atom is -0.452 e. The van der Waals surface area contributed by atoms with Crippen molar-refractivity contribution in [1.82, 2.24) is 0 Å². The predicted molar refractivity (Wildman–Crippen MR) is 64.0 cm³/mol. The average molecular weight is 248 g/mol. The SMILES string of the molecule is Nc1ccccc1Oc1ccc([N+](=O)[O-])cc1F. The number of nitrogen functional groups attached to an aromatic ring is 1. The van der Waals surface area contributed by atoms with Crippen molar-refractivity contribution in [3.05, 3.63) is 58.4 Å². The van der Waals surface area contributed by atoms with E-state index < -0.39 is 10.7 Å². The molecule has 5 nitrogen and oxygen atoms in total. The Labute approximate surface area is 102 Å². The summed E-state index contributed by atoms with van der Waals surface area (Å²) in [5.41, 5.74) is 5.67. The van der Waals surface area contributed by atoms with Crippen LogP contribution in [0.15, 0.2) is 42.5 Å². The molecule has 0 unspecified atom stereocenters. The average Bonchev–Trinajstić information content (AvgIpc) is 2.34. The number of nitrogens with zero attached hydrogens (tertiary/aromatic N) is 1. The van der Waals surface area contributed by atoms with Gasteiger partial charge in [0.1, 0.15) is 5.75 Å². The number of para-hydroxylation sites is 2. The van der Waals surface area contributed by atoms with Crippen LogP contribution in [-0.2, 0) is 0 Å². The lowest BCUT2D eigenvalue weighted by atomic mass is 10.2. The molecule has 2 aromatic carbocycles. The molecule has 0 spiro atoms. The zero-order valence-corrected chi connectivity index (χ0v) is 9.17. The molecule has 2 N–H and O–H groups in total. The number of benzene rings is 2. The van der Waals surface area contributed by atoms with Gasteiger partial charge in [-0.1, -0.05) is 12.1 Å². The van der Waals surface area contributed by atoms with E-state index in [9.17, 15) is 14.5 Å². The molecule has 0 aliphatic heterocycles. The Morgan fingerprint density at radius 1 is 1.17 bits per heavy atom. The molecule has 0 fully saturated rings. The molecule has 0 radical (unpaired) electrons. The minimum absolute atomic E-state index is 0.112. The fourth-order valence-corrected chi connectivity index (χ4v) is 1.38. The smallest absolute Gasteiger partial charge is 0.272 e. The second-order valence-electron chi connectivity index (χ2n) is 3.51. The van der Waals surface area contributed by atoms with Gasteiger partial charge in [-0.25, -0.2) is 4.39 Å². The van der Waals surface area contributed by atoms with E-state index in [0.29, 0.717) is 11.4 Å². The van der Waals surface area contributed by atoms with Crippen molar-refractivity contribution in [2.75, 3.05) is 5.73 Å². The van der Waals surface area contributed by atoms with Crippen LogP contribution >= 0.6 is 0 Å². The third-order valence-electron chi connectivity index (χ3n) is 2.27. The largest absolute Gasteiger partial charge is 0.452 e. The van der Waals surface area contributed by atoms with Crippen LogP contribution in [-0.4, -0.2) is 4.92 Å². The van der Waals surface area contributed by atoms with Crippen LogP contribution in [0.4, 0.5) is 15.8 Å². The van der Waals surface area contributed by atoms with Crippen LogP contribution in [0.5, 0.6) is 11.5 Å². The highest BCUT2D eigenvalue weighted by atomic mass is 19.1. The molecule has 92 valence electrons. The first-order valence-corrected chi connectivity index (χ1v) is 5.04. The number of rotatable bonds is 3. The molecule has 0 bridgehead atoms. The van der Waals surface area contributed by atoms with Crippen molar-refractivity contribution in [3.8, 4) is 11.5 Å². The molecule has 0 atom stereocenters. The van der Waals surface area contributed by atoms with E-state index in [4.69, 9.17) is 10.5 Å². The second-order valence-corrected chi connectivity index (χ2v) is 3.51. The fourth-order valence-electron chi connectivity index (χ4n) is 1.38. The topological polar surface area (TPSA) is 78.4 Å². The summed E-state index contributed by atoms with van der Waals surface area (Å²) in [4.78, 5) is 9.78. The molecule has 0 saturated carbocycles. The van der Waals surface area contributed by atoms with Crippen LogP contribution in [0.3, 0.4) is 0 Å². The van der Waals surface area contributed by atoms with E-state index in [1.54, 1.807) is 24.3 Å². The van der Waals surface area contributed by atoms with Gasteiger partial charge in [-0.05, 0) is 18.2 Å². The van der Waals surface area contributed by atoms with Gasteiger partial charge in [0.05, 0.1) is 16.7 Å². The number of nitro benzene ring substituents is 1.